The van der Waals surface area contributed by atoms with Crippen LogP contribution >= 0.6 is 0 Å². The van der Waals surface area contributed by atoms with Crippen LogP contribution in [0.3, 0.4) is 0 Å². The Morgan fingerprint density at radius 2 is 1.75 bits per heavy atom. The molecular weight excluding hydrogens is 276 g/mol. The average Bonchev–Trinajstić information content (AvgIpc) is 2.48. The summed E-state index contributed by atoms with van der Waals surface area (Å²) in [4.78, 5) is 13.7. The molecule has 1 aliphatic rings. The summed E-state index contributed by atoms with van der Waals surface area (Å²) in [5.41, 5.74) is 0. The second kappa shape index (κ2) is 6.26. The number of rotatable bonds is 3. The summed E-state index contributed by atoms with van der Waals surface area (Å²) in [6, 6.07) is 7.50. The van der Waals surface area contributed by atoms with Crippen molar-refractivity contribution in [2.75, 3.05) is 7.05 Å². The van der Waals surface area contributed by atoms with E-state index in [1.54, 1.807) is 25.2 Å². The van der Waals surface area contributed by atoms with Gasteiger partial charge in [-0.15, -0.1) is 0 Å². The Labute approximate surface area is 120 Å². The lowest BCUT2D eigenvalue weighted by molar-refractivity contribution is 0.179. The van der Waals surface area contributed by atoms with E-state index in [0.29, 0.717) is 0 Å². The number of urea groups is 1. The first kappa shape index (κ1) is 14.8. The number of carbonyl (C=O) groups is 1. The third-order valence-electron chi connectivity index (χ3n) is 3.72. The van der Waals surface area contributed by atoms with Crippen molar-refractivity contribution in [3.8, 4) is 0 Å². The van der Waals surface area contributed by atoms with E-state index in [4.69, 9.17) is 0 Å². The van der Waals surface area contributed by atoms with Gasteiger partial charge in [-0.25, -0.2) is 17.9 Å². The second-order valence-electron chi connectivity index (χ2n) is 5.13. The molecule has 1 saturated carbocycles. The van der Waals surface area contributed by atoms with Crippen LogP contribution in [0.15, 0.2) is 35.2 Å². The molecule has 1 aromatic rings. The van der Waals surface area contributed by atoms with Crippen molar-refractivity contribution < 1.29 is 13.2 Å². The Kier molecular flexibility index (Phi) is 4.65. The molecule has 1 fully saturated rings. The van der Waals surface area contributed by atoms with Crippen molar-refractivity contribution in [2.24, 2.45) is 0 Å². The fourth-order valence-corrected chi connectivity index (χ4v) is 3.49. The third-order valence-corrected chi connectivity index (χ3v) is 5.05. The van der Waals surface area contributed by atoms with E-state index in [-0.39, 0.29) is 10.9 Å². The Morgan fingerprint density at radius 3 is 2.35 bits per heavy atom. The van der Waals surface area contributed by atoms with Gasteiger partial charge in [0.05, 0.1) is 4.90 Å². The number of amides is 2. The molecule has 0 atom stereocenters. The minimum Gasteiger partial charge on any atom is -0.324 e. The largest absolute Gasteiger partial charge is 0.331 e. The minimum absolute atomic E-state index is 0.102. The van der Waals surface area contributed by atoms with Crippen molar-refractivity contribution in [1.29, 1.82) is 0 Å². The van der Waals surface area contributed by atoms with Crippen molar-refractivity contribution in [2.45, 2.75) is 43.0 Å². The molecule has 0 unspecified atom stereocenters. The summed E-state index contributed by atoms with van der Waals surface area (Å²) < 4.78 is 26.3. The first-order valence-corrected chi connectivity index (χ1v) is 8.34. The van der Waals surface area contributed by atoms with Crippen LogP contribution < -0.4 is 4.72 Å². The van der Waals surface area contributed by atoms with Crippen LogP contribution in [0.2, 0.25) is 0 Å². The molecule has 1 aliphatic carbocycles. The predicted octanol–water partition coefficient (Wildman–Crippen LogP) is 2.35. The fraction of sp³-hybridized carbons (Fsp3) is 0.500. The highest BCUT2D eigenvalue weighted by Crippen LogP contribution is 2.21. The van der Waals surface area contributed by atoms with Crippen LogP contribution in [-0.4, -0.2) is 32.4 Å². The quantitative estimate of drug-likeness (QED) is 0.931. The van der Waals surface area contributed by atoms with Gasteiger partial charge in [-0.2, -0.15) is 0 Å². The third kappa shape index (κ3) is 3.50. The van der Waals surface area contributed by atoms with Crippen molar-refractivity contribution in [1.82, 2.24) is 9.62 Å². The van der Waals surface area contributed by atoms with Gasteiger partial charge in [-0.1, -0.05) is 37.5 Å². The molecule has 110 valence electrons. The number of benzene rings is 1. The molecule has 20 heavy (non-hydrogen) atoms. The Hall–Kier alpha value is -1.56. The normalized spacial score (nSPS) is 16.6. The summed E-state index contributed by atoms with van der Waals surface area (Å²) in [6.45, 7) is 0. The Balaban J connectivity index is 2.03. The van der Waals surface area contributed by atoms with Gasteiger partial charge in [-0.3, -0.25) is 0 Å². The highest BCUT2D eigenvalue weighted by molar-refractivity contribution is 7.90. The van der Waals surface area contributed by atoms with E-state index in [1.165, 1.54) is 23.5 Å². The predicted molar refractivity (Wildman–Crippen MR) is 76.8 cm³/mol. The molecule has 0 saturated heterocycles. The molecule has 2 amide bonds. The van der Waals surface area contributed by atoms with Gasteiger partial charge in [0.15, 0.2) is 0 Å². The number of hydrogen-bond acceptors (Lipinski definition) is 3. The molecule has 6 heteroatoms. The summed E-state index contributed by atoms with van der Waals surface area (Å²) in [5, 5.41) is 0. The lowest BCUT2D eigenvalue weighted by atomic mass is 9.95. The van der Waals surface area contributed by atoms with E-state index in [9.17, 15) is 13.2 Å². The van der Waals surface area contributed by atoms with Gasteiger partial charge in [0.2, 0.25) is 0 Å². The lowest BCUT2D eigenvalue weighted by Gasteiger charge is -2.31. The minimum atomic E-state index is -3.78. The molecule has 0 aliphatic heterocycles. The zero-order chi connectivity index (χ0) is 14.6. The van der Waals surface area contributed by atoms with Crippen LogP contribution in [0.25, 0.3) is 0 Å². The van der Waals surface area contributed by atoms with E-state index in [0.717, 1.165) is 25.7 Å². The molecule has 2 rings (SSSR count). The van der Waals surface area contributed by atoms with Crippen LogP contribution in [0.1, 0.15) is 32.1 Å². The van der Waals surface area contributed by atoms with Gasteiger partial charge in [-0.05, 0) is 25.0 Å². The standard InChI is InChI=1S/C14H20N2O3S/c1-16(12-8-4-2-5-9-12)14(17)15-20(18,19)13-10-6-3-7-11-13/h3,6-7,10-12H,2,4-5,8-9H2,1H3,(H,15,17). The van der Waals surface area contributed by atoms with Crippen LogP contribution in [0.5, 0.6) is 0 Å². The maximum atomic E-state index is 12.1. The Bertz CT molecular complexity index is 551. The topological polar surface area (TPSA) is 66.5 Å². The zero-order valence-corrected chi connectivity index (χ0v) is 12.4. The summed E-state index contributed by atoms with van der Waals surface area (Å²) in [6.07, 6.45) is 5.25. The fourth-order valence-electron chi connectivity index (χ4n) is 2.48. The highest BCUT2D eigenvalue weighted by atomic mass is 32.2. The SMILES string of the molecule is CN(C(=O)NS(=O)(=O)c1ccccc1)C1CCCCC1. The van der Waals surface area contributed by atoms with Crippen molar-refractivity contribution in [3.63, 3.8) is 0 Å². The molecule has 0 heterocycles. The molecule has 5 nitrogen and oxygen atoms in total. The average molecular weight is 296 g/mol. The number of nitrogens with one attached hydrogen (secondary N) is 1. The maximum Gasteiger partial charge on any atom is 0.331 e. The second-order valence-corrected chi connectivity index (χ2v) is 6.81. The molecule has 0 aromatic heterocycles. The van der Waals surface area contributed by atoms with Gasteiger partial charge in [0.1, 0.15) is 0 Å². The van der Waals surface area contributed by atoms with E-state index in [2.05, 4.69) is 4.72 Å². The molecule has 0 bridgehead atoms. The van der Waals surface area contributed by atoms with Gasteiger partial charge >= 0.3 is 6.03 Å². The summed E-state index contributed by atoms with van der Waals surface area (Å²) in [7, 11) is -2.13. The van der Waals surface area contributed by atoms with Crippen LogP contribution in [-0.2, 0) is 10.0 Å². The molecule has 0 spiro atoms. The van der Waals surface area contributed by atoms with Crippen LogP contribution in [0.4, 0.5) is 4.79 Å². The van der Waals surface area contributed by atoms with Crippen molar-refractivity contribution >= 4 is 16.1 Å². The van der Waals surface area contributed by atoms with E-state index >= 15 is 0 Å². The first-order chi connectivity index (χ1) is 9.50. The Morgan fingerprint density at radius 1 is 1.15 bits per heavy atom. The number of hydrogen-bond donors (Lipinski definition) is 1. The molecule has 0 radical (unpaired) electrons. The monoisotopic (exact) mass is 296 g/mol. The van der Waals surface area contributed by atoms with Gasteiger partial charge in [0.25, 0.3) is 10.0 Å². The molecule has 1 N–H and O–H groups in total. The van der Waals surface area contributed by atoms with E-state index < -0.39 is 16.1 Å². The number of carbonyl (C=O) groups excluding carboxylic acids is 1. The van der Waals surface area contributed by atoms with Gasteiger partial charge in [0, 0.05) is 13.1 Å². The molecule has 1 aromatic carbocycles. The maximum absolute atomic E-state index is 12.1. The number of sulfonamides is 1. The summed E-state index contributed by atoms with van der Waals surface area (Å²) in [5.74, 6) is 0. The molecular formula is C14H20N2O3S. The van der Waals surface area contributed by atoms with Crippen molar-refractivity contribution in [3.05, 3.63) is 30.3 Å². The lowest BCUT2D eigenvalue weighted by Crippen LogP contribution is -2.46. The summed E-state index contributed by atoms with van der Waals surface area (Å²) >= 11 is 0. The van der Waals surface area contributed by atoms with Gasteiger partial charge < -0.3 is 4.90 Å². The zero-order valence-electron chi connectivity index (χ0n) is 11.6. The highest BCUT2D eigenvalue weighted by Gasteiger charge is 2.25. The smallest absolute Gasteiger partial charge is 0.324 e. The number of nitrogens with zero attached hydrogens (tertiary/aromatic N) is 1. The van der Waals surface area contributed by atoms with Crippen LogP contribution in [0, 0.1) is 0 Å². The van der Waals surface area contributed by atoms with E-state index in [1.807, 2.05) is 0 Å². The first-order valence-electron chi connectivity index (χ1n) is 6.85.